The van der Waals surface area contributed by atoms with Crippen molar-refractivity contribution in [3.05, 3.63) is 52.3 Å². The second kappa shape index (κ2) is 5.93. The molecular formula is C14H15BrN2O2. The van der Waals surface area contributed by atoms with Crippen molar-refractivity contribution in [3.8, 4) is 5.75 Å². The zero-order valence-electron chi connectivity index (χ0n) is 10.8. The molecule has 0 saturated carbocycles. The molecule has 4 nitrogen and oxygen atoms in total. The fourth-order valence-electron chi connectivity index (χ4n) is 1.75. The minimum Gasteiger partial charge on any atom is -0.497 e. The number of hydrogen-bond acceptors (Lipinski definition) is 2. The molecule has 0 aliphatic carbocycles. The molecule has 1 aromatic carbocycles. The molecule has 5 heteroatoms. The van der Waals surface area contributed by atoms with Crippen LogP contribution in [-0.2, 0) is 13.6 Å². The number of amides is 1. The first-order valence-corrected chi connectivity index (χ1v) is 6.63. The molecule has 1 amide bonds. The fourth-order valence-corrected chi connectivity index (χ4v) is 2.18. The predicted molar refractivity (Wildman–Crippen MR) is 77.3 cm³/mol. The number of aryl methyl sites for hydroxylation is 1. The van der Waals surface area contributed by atoms with Crippen LogP contribution in [0.3, 0.4) is 0 Å². The topological polar surface area (TPSA) is 43.3 Å². The quantitative estimate of drug-likeness (QED) is 0.940. The zero-order valence-corrected chi connectivity index (χ0v) is 12.4. The second-order valence-corrected chi connectivity index (χ2v) is 4.99. The zero-order chi connectivity index (χ0) is 13.8. The number of nitrogens with one attached hydrogen (secondary N) is 1. The minimum absolute atomic E-state index is 0.132. The largest absolute Gasteiger partial charge is 0.497 e. The van der Waals surface area contributed by atoms with Crippen molar-refractivity contribution in [2.24, 2.45) is 7.05 Å². The lowest BCUT2D eigenvalue weighted by Gasteiger charge is -2.09. The highest BCUT2D eigenvalue weighted by atomic mass is 79.9. The van der Waals surface area contributed by atoms with E-state index in [4.69, 9.17) is 4.74 Å². The molecule has 100 valence electrons. The smallest absolute Gasteiger partial charge is 0.252 e. The van der Waals surface area contributed by atoms with Gasteiger partial charge >= 0.3 is 0 Å². The molecule has 0 aliphatic heterocycles. The highest BCUT2D eigenvalue weighted by molar-refractivity contribution is 9.10. The maximum Gasteiger partial charge on any atom is 0.252 e. The summed E-state index contributed by atoms with van der Waals surface area (Å²) in [6.07, 6.45) is 1.95. The molecule has 0 fully saturated rings. The van der Waals surface area contributed by atoms with Gasteiger partial charge in [0.1, 0.15) is 5.75 Å². The number of nitrogens with zero attached hydrogens (tertiary/aromatic N) is 1. The number of benzene rings is 1. The van der Waals surface area contributed by atoms with E-state index in [1.54, 1.807) is 25.3 Å². The number of carbonyl (C=O) groups is 1. The number of hydrogen-bond donors (Lipinski definition) is 1. The second-order valence-electron chi connectivity index (χ2n) is 4.14. The van der Waals surface area contributed by atoms with Gasteiger partial charge in [0.05, 0.1) is 19.2 Å². The van der Waals surface area contributed by atoms with Crippen LogP contribution in [0.1, 0.15) is 16.1 Å². The molecule has 0 atom stereocenters. The molecule has 2 rings (SSSR count). The highest BCUT2D eigenvalue weighted by Gasteiger charge is 2.11. The van der Waals surface area contributed by atoms with Gasteiger partial charge < -0.3 is 14.6 Å². The Morgan fingerprint density at radius 3 is 2.84 bits per heavy atom. The van der Waals surface area contributed by atoms with E-state index < -0.39 is 0 Å². The van der Waals surface area contributed by atoms with Crippen LogP contribution in [0, 0.1) is 0 Å². The third-order valence-corrected chi connectivity index (χ3v) is 3.59. The molecule has 1 aromatic heterocycles. The molecule has 0 unspecified atom stereocenters. The molecule has 2 aromatic rings. The summed E-state index contributed by atoms with van der Waals surface area (Å²) in [7, 11) is 3.53. The lowest BCUT2D eigenvalue weighted by atomic mass is 10.2. The van der Waals surface area contributed by atoms with E-state index in [1.807, 2.05) is 29.9 Å². The molecule has 1 heterocycles. The van der Waals surface area contributed by atoms with Crippen molar-refractivity contribution in [2.45, 2.75) is 6.54 Å². The van der Waals surface area contributed by atoms with E-state index in [1.165, 1.54) is 0 Å². The Morgan fingerprint density at radius 2 is 2.21 bits per heavy atom. The first-order chi connectivity index (χ1) is 9.11. The van der Waals surface area contributed by atoms with Gasteiger partial charge in [0.25, 0.3) is 5.91 Å². The van der Waals surface area contributed by atoms with Crippen molar-refractivity contribution in [1.29, 1.82) is 0 Å². The standard InChI is InChI=1S/C14H15BrN2O2/c1-17-7-3-4-10(17)9-16-14(18)12-8-11(19-2)5-6-13(12)15/h3-8H,9H2,1-2H3,(H,16,18). The van der Waals surface area contributed by atoms with Crippen LogP contribution in [0.5, 0.6) is 5.75 Å². The number of carbonyl (C=O) groups excluding carboxylic acids is 1. The molecule has 1 N–H and O–H groups in total. The number of halogens is 1. The number of ether oxygens (including phenoxy) is 1. The van der Waals surface area contributed by atoms with Gasteiger partial charge in [-0.25, -0.2) is 0 Å². The van der Waals surface area contributed by atoms with E-state index in [9.17, 15) is 4.79 Å². The van der Waals surface area contributed by atoms with Crippen LogP contribution in [0.15, 0.2) is 41.0 Å². The average molecular weight is 323 g/mol. The Bertz CT molecular complexity index is 593. The van der Waals surface area contributed by atoms with Gasteiger partial charge in [0, 0.05) is 23.4 Å². The van der Waals surface area contributed by atoms with Crippen molar-refractivity contribution in [2.75, 3.05) is 7.11 Å². The van der Waals surface area contributed by atoms with Gasteiger partial charge in [-0.1, -0.05) is 0 Å². The van der Waals surface area contributed by atoms with Gasteiger partial charge in [-0.2, -0.15) is 0 Å². The molecule has 0 saturated heterocycles. The Hall–Kier alpha value is -1.75. The Kier molecular flexibility index (Phi) is 4.27. The third kappa shape index (κ3) is 3.17. The monoisotopic (exact) mass is 322 g/mol. The van der Waals surface area contributed by atoms with Crippen molar-refractivity contribution in [3.63, 3.8) is 0 Å². The van der Waals surface area contributed by atoms with E-state index >= 15 is 0 Å². The van der Waals surface area contributed by atoms with E-state index in [2.05, 4.69) is 21.2 Å². The number of methoxy groups -OCH3 is 1. The van der Waals surface area contributed by atoms with Gasteiger partial charge in [-0.3, -0.25) is 4.79 Å². The molecule has 0 radical (unpaired) electrons. The van der Waals surface area contributed by atoms with E-state index in [0.717, 1.165) is 10.2 Å². The summed E-state index contributed by atoms with van der Waals surface area (Å²) in [5.41, 5.74) is 1.61. The Morgan fingerprint density at radius 1 is 1.42 bits per heavy atom. The van der Waals surface area contributed by atoms with E-state index in [0.29, 0.717) is 17.9 Å². The van der Waals surface area contributed by atoms with Gasteiger partial charge in [-0.15, -0.1) is 0 Å². The Labute approximate surface area is 120 Å². The SMILES string of the molecule is COc1ccc(Br)c(C(=O)NCc2cccn2C)c1. The van der Waals surface area contributed by atoms with E-state index in [-0.39, 0.29) is 5.91 Å². The minimum atomic E-state index is -0.132. The van der Waals surface area contributed by atoms with Gasteiger partial charge in [-0.05, 0) is 46.3 Å². The van der Waals surface area contributed by atoms with Gasteiger partial charge in [0.15, 0.2) is 0 Å². The van der Waals surface area contributed by atoms with Crippen molar-refractivity contribution in [1.82, 2.24) is 9.88 Å². The van der Waals surface area contributed by atoms with Crippen LogP contribution >= 0.6 is 15.9 Å². The number of rotatable bonds is 4. The van der Waals surface area contributed by atoms with Crippen LogP contribution < -0.4 is 10.1 Å². The third-order valence-electron chi connectivity index (χ3n) is 2.90. The summed E-state index contributed by atoms with van der Waals surface area (Å²) in [5.74, 6) is 0.527. The molecule has 19 heavy (non-hydrogen) atoms. The molecular weight excluding hydrogens is 308 g/mol. The lowest BCUT2D eigenvalue weighted by molar-refractivity contribution is 0.0949. The lowest BCUT2D eigenvalue weighted by Crippen LogP contribution is -2.24. The Balaban J connectivity index is 2.10. The van der Waals surface area contributed by atoms with Crippen LogP contribution in [-0.4, -0.2) is 17.6 Å². The molecule has 0 aliphatic rings. The summed E-state index contributed by atoms with van der Waals surface area (Å²) in [6, 6.07) is 9.24. The molecule has 0 bridgehead atoms. The summed E-state index contributed by atoms with van der Waals surface area (Å²) in [5, 5.41) is 2.89. The maximum absolute atomic E-state index is 12.1. The summed E-state index contributed by atoms with van der Waals surface area (Å²) >= 11 is 3.37. The summed E-state index contributed by atoms with van der Waals surface area (Å²) in [4.78, 5) is 12.1. The first kappa shape index (κ1) is 13.7. The highest BCUT2D eigenvalue weighted by Crippen LogP contribution is 2.22. The van der Waals surface area contributed by atoms with Crippen molar-refractivity contribution >= 4 is 21.8 Å². The summed E-state index contributed by atoms with van der Waals surface area (Å²) in [6.45, 7) is 0.492. The maximum atomic E-state index is 12.1. The van der Waals surface area contributed by atoms with Gasteiger partial charge in [0.2, 0.25) is 0 Å². The predicted octanol–water partition coefficient (Wildman–Crippen LogP) is 2.73. The fraction of sp³-hybridized carbons (Fsp3) is 0.214. The first-order valence-electron chi connectivity index (χ1n) is 5.83. The number of aromatic nitrogens is 1. The van der Waals surface area contributed by atoms with Crippen LogP contribution in [0.2, 0.25) is 0 Å². The normalized spacial score (nSPS) is 10.3. The average Bonchev–Trinajstić information content (AvgIpc) is 2.82. The van der Waals surface area contributed by atoms with Crippen LogP contribution in [0.4, 0.5) is 0 Å². The van der Waals surface area contributed by atoms with Crippen molar-refractivity contribution < 1.29 is 9.53 Å². The van der Waals surface area contributed by atoms with Crippen LogP contribution in [0.25, 0.3) is 0 Å². The summed E-state index contributed by atoms with van der Waals surface area (Å²) < 4.78 is 7.85. The molecule has 0 spiro atoms.